The normalized spacial score (nSPS) is 12.8. The van der Waals surface area contributed by atoms with Crippen LogP contribution in [0.25, 0.3) is 0 Å². The second kappa shape index (κ2) is 5.78. The van der Waals surface area contributed by atoms with E-state index in [4.69, 9.17) is 11.5 Å². The number of hydrogen-bond acceptors (Lipinski definition) is 2. The first-order chi connectivity index (χ1) is 6.74. The van der Waals surface area contributed by atoms with Crippen molar-refractivity contribution in [3.63, 3.8) is 0 Å². The van der Waals surface area contributed by atoms with Crippen molar-refractivity contribution in [2.24, 2.45) is 11.5 Å². The first-order valence-corrected chi connectivity index (χ1v) is 5.26. The minimum absolute atomic E-state index is 0.169. The van der Waals surface area contributed by atoms with Gasteiger partial charge in [-0.3, -0.25) is 0 Å². The number of rotatable bonds is 5. The number of benzene rings is 1. The zero-order chi connectivity index (χ0) is 10.4. The summed E-state index contributed by atoms with van der Waals surface area (Å²) in [6.45, 7) is 2.85. The van der Waals surface area contributed by atoms with Crippen LogP contribution >= 0.6 is 0 Å². The molecule has 0 unspecified atom stereocenters. The van der Waals surface area contributed by atoms with E-state index in [9.17, 15) is 0 Å². The van der Waals surface area contributed by atoms with Crippen LogP contribution in [0.4, 0.5) is 0 Å². The van der Waals surface area contributed by atoms with Crippen molar-refractivity contribution >= 4 is 0 Å². The second-order valence-electron chi connectivity index (χ2n) is 3.80. The van der Waals surface area contributed by atoms with Crippen LogP contribution in [0.5, 0.6) is 0 Å². The quantitative estimate of drug-likeness (QED) is 0.702. The third-order valence-electron chi connectivity index (χ3n) is 2.47. The van der Waals surface area contributed by atoms with E-state index in [1.807, 2.05) is 0 Å². The van der Waals surface area contributed by atoms with E-state index in [-0.39, 0.29) is 6.04 Å². The standard InChI is InChI=1S/C12H20N2/c1-10-5-7-11(8-6-10)12(14)4-2-3-9-13/h5-8,12H,2-4,9,13-14H2,1H3/t12-/m1/s1. The minimum Gasteiger partial charge on any atom is -0.330 e. The highest BCUT2D eigenvalue weighted by Gasteiger charge is 2.04. The van der Waals surface area contributed by atoms with E-state index in [0.29, 0.717) is 0 Å². The molecule has 0 aliphatic carbocycles. The molecular formula is C12H20N2. The molecule has 14 heavy (non-hydrogen) atoms. The Labute approximate surface area is 86.3 Å². The lowest BCUT2D eigenvalue weighted by Crippen LogP contribution is -2.10. The molecule has 1 aromatic carbocycles. The minimum atomic E-state index is 0.169. The van der Waals surface area contributed by atoms with E-state index in [1.165, 1.54) is 11.1 Å². The lowest BCUT2D eigenvalue weighted by atomic mass is 10.0. The lowest BCUT2D eigenvalue weighted by molar-refractivity contribution is 0.591. The van der Waals surface area contributed by atoms with E-state index >= 15 is 0 Å². The van der Waals surface area contributed by atoms with Gasteiger partial charge in [-0.05, 0) is 31.9 Å². The summed E-state index contributed by atoms with van der Waals surface area (Å²) in [4.78, 5) is 0. The Kier molecular flexibility index (Phi) is 4.63. The topological polar surface area (TPSA) is 52.0 Å². The Bertz CT molecular complexity index is 254. The molecule has 0 amide bonds. The fraction of sp³-hybridized carbons (Fsp3) is 0.500. The molecule has 0 fully saturated rings. The van der Waals surface area contributed by atoms with Gasteiger partial charge in [-0.25, -0.2) is 0 Å². The van der Waals surface area contributed by atoms with Gasteiger partial charge in [0.25, 0.3) is 0 Å². The highest BCUT2D eigenvalue weighted by Crippen LogP contribution is 2.16. The maximum atomic E-state index is 6.05. The van der Waals surface area contributed by atoms with Crippen molar-refractivity contribution in [1.82, 2.24) is 0 Å². The monoisotopic (exact) mass is 192 g/mol. The van der Waals surface area contributed by atoms with Gasteiger partial charge in [0.1, 0.15) is 0 Å². The van der Waals surface area contributed by atoms with E-state index in [0.717, 1.165) is 25.8 Å². The summed E-state index contributed by atoms with van der Waals surface area (Å²) in [7, 11) is 0. The number of hydrogen-bond donors (Lipinski definition) is 2. The first kappa shape index (κ1) is 11.2. The van der Waals surface area contributed by atoms with E-state index in [1.54, 1.807) is 0 Å². The van der Waals surface area contributed by atoms with Crippen molar-refractivity contribution in [2.75, 3.05) is 6.54 Å². The summed E-state index contributed by atoms with van der Waals surface area (Å²) >= 11 is 0. The molecule has 0 heterocycles. The molecule has 0 saturated heterocycles. The van der Waals surface area contributed by atoms with Crippen molar-refractivity contribution in [3.05, 3.63) is 35.4 Å². The molecule has 1 aromatic rings. The molecule has 0 aliphatic heterocycles. The molecule has 0 saturated carbocycles. The van der Waals surface area contributed by atoms with Gasteiger partial charge in [-0.2, -0.15) is 0 Å². The van der Waals surface area contributed by atoms with Gasteiger partial charge in [-0.15, -0.1) is 0 Å². The Morgan fingerprint density at radius 1 is 1.14 bits per heavy atom. The summed E-state index contributed by atoms with van der Waals surface area (Å²) in [5.74, 6) is 0. The molecule has 0 aliphatic rings. The molecule has 0 spiro atoms. The van der Waals surface area contributed by atoms with Crippen LogP contribution in [0.1, 0.15) is 36.4 Å². The van der Waals surface area contributed by atoms with Gasteiger partial charge in [0, 0.05) is 6.04 Å². The molecule has 4 N–H and O–H groups in total. The van der Waals surface area contributed by atoms with Gasteiger partial charge >= 0.3 is 0 Å². The van der Waals surface area contributed by atoms with Crippen molar-refractivity contribution in [3.8, 4) is 0 Å². The second-order valence-corrected chi connectivity index (χ2v) is 3.80. The molecule has 0 radical (unpaired) electrons. The van der Waals surface area contributed by atoms with Crippen LogP contribution < -0.4 is 11.5 Å². The average Bonchev–Trinajstić information content (AvgIpc) is 2.19. The summed E-state index contributed by atoms with van der Waals surface area (Å²) in [5.41, 5.74) is 14.0. The predicted molar refractivity (Wildman–Crippen MR) is 61.0 cm³/mol. The molecule has 0 bridgehead atoms. The highest BCUT2D eigenvalue weighted by atomic mass is 14.6. The third kappa shape index (κ3) is 3.48. The van der Waals surface area contributed by atoms with Crippen molar-refractivity contribution in [1.29, 1.82) is 0 Å². The molecule has 78 valence electrons. The summed E-state index contributed by atoms with van der Waals surface area (Å²) < 4.78 is 0. The van der Waals surface area contributed by atoms with Crippen LogP contribution in [0.3, 0.4) is 0 Å². The maximum absolute atomic E-state index is 6.05. The SMILES string of the molecule is Cc1ccc([C@H](N)CCCCN)cc1. The van der Waals surface area contributed by atoms with Crippen molar-refractivity contribution < 1.29 is 0 Å². The zero-order valence-electron chi connectivity index (χ0n) is 8.87. The third-order valence-corrected chi connectivity index (χ3v) is 2.47. The van der Waals surface area contributed by atoms with Gasteiger partial charge in [0.15, 0.2) is 0 Å². The Morgan fingerprint density at radius 3 is 2.36 bits per heavy atom. The summed E-state index contributed by atoms with van der Waals surface area (Å²) in [6, 6.07) is 8.61. The average molecular weight is 192 g/mol. The van der Waals surface area contributed by atoms with Crippen LogP contribution in [0, 0.1) is 6.92 Å². The van der Waals surface area contributed by atoms with Gasteiger partial charge in [0.2, 0.25) is 0 Å². The summed E-state index contributed by atoms with van der Waals surface area (Å²) in [6.07, 6.45) is 3.21. The Balaban J connectivity index is 2.43. The Morgan fingerprint density at radius 2 is 1.79 bits per heavy atom. The highest BCUT2D eigenvalue weighted by molar-refractivity contribution is 5.23. The Hall–Kier alpha value is -0.860. The van der Waals surface area contributed by atoms with Gasteiger partial charge < -0.3 is 11.5 Å². The summed E-state index contributed by atoms with van der Waals surface area (Å²) in [5, 5.41) is 0. The van der Waals surface area contributed by atoms with Crippen molar-refractivity contribution in [2.45, 2.75) is 32.2 Å². The number of nitrogens with two attached hydrogens (primary N) is 2. The first-order valence-electron chi connectivity index (χ1n) is 5.26. The van der Waals surface area contributed by atoms with Crippen LogP contribution in [-0.2, 0) is 0 Å². The van der Waals surface area contributed by atoms with Gasteiger partial charge in [-0.1, -0.05) is 36.2 Å². The fourth-order valence-corrected chi connectivity index (χ4v) is 1.49. The molecule has 1 atom stereocenters. The molecule has 0 aromatic heterocycles. The molecule has 1 rings (SSSR count). The lowest BCUT2D eigenvalue weighted by Gasteiger charge is -2.11. The maximum Gasteiger partial charge on any atom is 0.0294 e. The number of aryl methyl sites for hydroxylation is 1. The predicted octanol–water partition coefficient (Wildman–Crippen LogP) is 2.12. The number of unbranched alkanes of at least 4 members (excludes halogenated alkanes) is 1. The largest absolute Gasteiger partial charge is 0.330 e. The molecule has 2 heteroatoms. The van der Waals surface area contributed by atoms with E-state index in [2.05, 4.69) is 31.2 Å². The van der Waals surface area contributed by atoms with Crippen LogP contribution in [0.2, 0.25) is 0 Å². The fourth-order valence-electron chi connectivity index (χ4n) is 1.49. The zero-order valence-corrected chi connectivity index (χ0v) is 8.87. The smallest absolute Gasteiger partial charge is 0.0294 e. The van der Waals surface area contributed by atoms with E-state index < -0.39 is 0 Å². The molecule has 2 nitrogen and oxygen atoms in total. The molecular weight excluding hydrogens is 172 g/mol. The van der Waals surface area contributed by atoms with Crippen LogP contribution in [0.15, 0.2) is 24.3 Å². The van der Waals surface area contributed by atoms with Crippen LogP contribution in [-0.4, -0.2) is 6.54 Å². The van der Waals surface area contributed by atoms with Gasteiger partial charge in [0.05, 0.1) is 0 Å².